The van der Waals surface area contributed by atoms with Gasteiger partial charge in [-0.3, -0.25) is 4.79 Å². The molecule has 0 saturated heterocycles. The molecule has 1 amide bonds. The average Bonchev–Trinajstić information content (AvgIpc) is 3.16. The fourth-order valence-electron chi connectivity index (χ4n) is 2.81. The highest BCUT2D eigenvalue weighted by Gasteiger charge is 2.19. The number of pyridine rings is 1. The largest absolute Gasteiger partial charge is 0.406 e. The van der Waals surface area contributed by atoms with Gasteiger partial charge in [-0.25, -0.2) is 9.37 Å². The molecular formula is C20H18FIN6O2S. The summed E-state index contributed by atoms with van der Waals surface area (Å²) in [6.07, 6.45) is 2.27. The number of amides is 1. The Labute approximate surface area is 196 Å². The van der Waals surface area contributed by atoms with Gasteiger partial charge in [0.15, 0.2) is 0 Å². The second-order valence-electron chi connectivity index (χ2n) is 6.45. The first kappa shape index (κ1) is 23.0. The van der Waals surface area contributed by atoms with Gasteiger partial charge in [0.05, 0.1) is 12.3 Å². The Morgan fingerprint density at radius 3 is 2.77 bits per heavy atom. The molecule has 160 valence electrons. The number of nitrogens with zero attached hydrogens (tertiary/aromatic N) is 5. The van der Waals surface area contributed by atoms with Crippen LogP contribution in [0.4, 0.5) is 10.4 Å². The molecule has 2 heterocycles. The van der Waals surface area contributed by atoms with E-state index in [1.165, 1.54) is 35.0 Å². The molecule has 11 heteroatoms. The first-order valence-corrected chi connectivity index (χ1v) is 11.3. The van der Waals surface area contributed by atoms with Crippen molar-refractivity contribution in [3.63, 3.8) is 0 Å². The summed E-state index contributed by atoms with van der Waals surface area (Å²) in [6, 6.07) is 8.12. The van der Waals surface area contributed by atoms with E-state index in [2.05, 4.69) is 37.8 Å². The van der Waals surface area contributed by atoms with Crippen molar-refractivity contribution in [3.8, 4) is 6.07 Å². The van der Waals surface area contributed by atoms with E-state index >= 15 is 0 Å². The number of nitrogen functional groups attached to an aromatic ring is 1. The predicted octanol–water partition coefficient (Wildman–Crippen LogP) is 3.55. The lowest BCUT2D eigenvalue weighted by molar-refractivity contribution is -0.129. The second kappa shape index (κ2) is 10.5. The van der Waals surface area contributed by atoms with Crippen LogP contribution in [-0.2, 0) is 24.3 Å². The van der Waals surface area contributed by atoms with Crippen molar-refractivity contribution < 1.29 is 13.6 Å². The molecule has 0 fully saturated rings. The van der Waals surface area contributed by atoms with Gasteiger partial charge in [-0.05, 0) is 58.3 Å². The van der Waals surface area contributed by atoms with Crippen molar-refractivity contribution in [2.75, 3.05) is 11.5 Å². The highest BCUT2D eigenvalue weighted by molar-refractivity contribution is 14.1. The van der Waals surface area contributed by atoms with Crippen molar-refractivity contribution in [2.45, 2.75) is 31.3 Å². The molecule has 0 unspecified atom stereocenters. The van der Waals surface area contributed by atoms with Crippen molar-refractivity contribution in [2.24, 2.45) is 0 Å². The Balaban J connectivity index is 1.77. The van der Waals surface area contributed by atoms with Crippen LogP contribution in [0, 0.1) is 20.7 Å². The number of aromatic nitrogens is 3. The fraction of sp³-hybridized carbons (Fsp3) is 0.250. The molecule has 2 N–H and O–H groups in total. The number of thioether (sulfide) groups is 1. The summed E-state index contributed by atoms with van der Waals surface area (Å²) < 4.78 is 19.9. The number of nitriles is 1. The van der Waals surface area contributed by atoms with Gasteiger partial charge in [-0.1, -0.05) is 18.1 Å². The number of carbonyl (C=O) groups excluding carboxylic acids is 1. The highest BCUT2D eigenvalue weighted by Crippen LogP contribution is 2.29. The van der Waals surface area contributed by atoms with Crippen LogP contribution in [-0.4, -0.2) is 31.7 Å². The normalized spacial score (nSPS) is 10.6. The van der Waals surface area contributed by atoms with Crippen LogP contribution < -0.4 is 5.73 Å². The molecule has 0 spiro atoms. The van der Waals surface area contributed by atoms with Crippen molar-refractivity contribution in [1.82, 2.24) is 20.1 Å². The van der Waals surface area contributed by atoms with Crippen LogP contribution in [0.3, 0.4) is 0 Å². The number of halogens is 2. The monoisotopic (exact) mass is 552 g/mol. The van der Waals surface area contributed by atoms with Crippen LogP contribution in [0.2, 0.25) is 0 Å². The second-order valence-corrected chi connectivity index (χ2v) is 8.63. The van der Waals surface area contributed by atoms with Gasteiger partial charge >= 0.3 is 6.01 Å². The van der Waals surface area contributed by atoms with Gasteiger partial charge in [0.2, 0.25) is 11.8 Å². The van der Waals surface area contributed by atoms with E-state index in [4.69, 9.17) is 15.4 Å². The molecule has 3 rings (SSSR count). The first-order chi connectivity index (χ1) is 14.9. The third-order valence-electron chi connectivity index (χ3n) is 4.30. The van der Waals surface area contributed by atoms with Crippen molar-refractivity contribution in [1.29, 1.82) is 5.26 Å². The molecule has 31 heavy (non-hydrogen) atoms. The summed E-state index contributed by atoms with van der Waals surface area (Å²) in [6.45, 7) is 2.28. The number of benzene rings is 1. The topological polar surface area (TPSA) is 122 Å². The summed E-state index contributed by atoms with van der Waals surface area (Å²) in [5, 5.41) is 16.4. The van der Waals surface area contributed by atoms with E-state index in [-0.39, 0.29) is 48.2 Å². The van der Waals surface area contributed by atoms with Crippen LogP contribution in [0.1, 0.15) is 29.6 Å². The lowest BCUT2D eigenvalue weighted by Gasteiger charge is -2.21. The fourth-order valence-corrected chi connectivity index (χ4v) is 5.05. The zero-order valence-corrected chi connectivity index (χ0v) is 19.5. The van der Waals surface area contributed by atoms with Crippen molar-refractivity contribution >= 4 is 46.3 Å². The molecular weight excluding hydrogens is 534 g/mol. The standard InChI is InChI=1S/C20H18FIN6O2S/c1-2-15-16(22)5-13(21)6-17(15)31-11-19(29)28(10-18-26-27-20(24)30-18)9-12-3-4-14(7-23)25-8-12/h3-6,8H,2,9-11H2,1H3,(H2,24,27). The third-order valence-corrected chi connectivity index (χ3v) is 6.33. The quantitative estimate of drug-likeness (QED) is 0.333. The van der Waals surface area contributed by atoms with Crippen LogP contribution >= 0.6 is 34.4 Å². The number of rotatable bonds is 8. The minimum Gasteiger partial charge on any atom is -0.406 e. The summed E-state index contributed by atoms with van der Waals surface area (Å²) >= 11 is 3.39. The number of nitrogens with two attached hydrogens (primary N) is 1. The van der Waals surface area contributed by atoms with E-state index in [1.54, 1.807) is 12.1 Å². The minimum atomic E-state index is -0.335. The summed E-state index contributed by atoms with van der Waals surface area (Å²) in [5.74, 6) is -0.238. The molecule has 1 aromatic carbocycles. The van der Waals surface area contributed by atoms with Gasteiger partial charge < -0.3 is 15.1 Å². The van der Waals surface area contributed by atoms with E-state index in [9.17, 15) is 9.18 Å². The maximum Gasteiger partial charge on any atom is 0.312 e. The minimum absolute atomic E-state index is 0.0604. The van der Waals surface area contributed by atoms with Gasteiger partial charge in [-0.15, -0.1) is 16.9 Å². The Bertz CT molecular complexity index is 1120. The molecule has 0 radical (unpaired) electrons. The maximum absolute atomic E-state index is 13.9. The number of hydrogen-bond donors (Lipinski definition) is 1. The number of anilines is 1. The predicted molar refractivity (Wildman–Crippen MR) is 121 cm³/mol. The van der Waals surface area contributed by atoms with Gasteiger partial charge in [0.1, 0.15) is 17.6 Å². The average molecular weight is 552 g/mol. The molecule has 0 aliphatic heterocycles. The zero-order chi connectivity index (χ0) is 22.4. The molecule has 2 aromatic heterocycles. The van der Waals surface area contributed by atoms with E-state index < -0.39 is 0 Å². The number of hydrogen-bond acceptors (Lipinski definition) is 8. The zero-order valence-electron chi connectivity index (χ0n) is 16.5. The Kier molecular flexibility index (Phi) is 7.80. The number of carbonyl (C=O) groups is 1. The maximum atomic E-state index is 13.9. The van der Waals surface area contributed by atoms with Gasteiger partial charge in [0, 0.05) is 21.2 Å². The molecule has 0 saturated carbocycles. The Hall–Kier alpha value is -2.72. The first-order valence-electron chi connectivity index (χ1n) is 9.21. The SMILES string of the molecule is CCc1c(I)cc(F)cc1SCC(=O)N(Cc1ccc(C#N)nc1)Cc1nnc(N)o1. The van der Waals surface area contributed by atoms with E-state index in [0.717, 1.165) is 26.0 Å². The summed E-state index contributed by atoms with van der Waals surface area (Å²) in [5.41, 5.74) is 7.51. The molecule has 0 aliphatic carbocycles. The summed E-state index contributed by atoms with van der Waals surface area (Å²) in [7, 11) is 0. The molecule has 8 nitrogen and oxygen atoms in total. The lowest BCUT2D eigenvalue weighted by Crippen LogP contribution is -2.31. The molecule has 0 aliphatic rings. The molecule has 3 aromatic rings. The van der Waals surface area contributed by atoms with Gasteiger partial charge in [-0.2, -0.15) is 5.26 Å². The smallest absolute Gasteiger partial charge is 0.312 e. The van der Waals surface area contributed by atoms with Crippen LogP contribution in [0.25, 0.3) is 0 Å². The molecule has 0 bridgehead atoms. The van der Waals surface area contributed by atoms with E-state index in [0.29, 0.717) is 0 Å². The van der Waals surface area contributed by atoms with E-state index in [1.807, 2.05) is 13.0 Å². The van der Waals surface area contributed by atoms with Crippen LogP contribution in [0.15, 0.2) is 39.8 Å². The van der Waals surface area contributed by atoms with Crippen LogP contribution in [0.5, 0.6) is 0 Å². The Morgan fingerprint density at radius 2 is 2.16 bits per heavy atom. The Morgan fingerprint density at radius 1 is 1.35 bits per heavy atom. The highest BCUT2D eigenvalue weighted by atomic mass is 127. The molecule has 0 atom stereocenters. The van der Waals surface area contributed by atoms with Crippen molar-refractivity contribution in [3.05, 3.63) is 62.6 Å². The third kappa shape index (κ3) is 6.14. The lowest BCUT2D eigenvalue weighted by atomic mass is 10.2. The summed E-state index contributed by atoms with van der Waals surface area (Å²) in [4.78, 5) is 19.3. The van der Waals surface area contributed by atoms with Gasteiger partial charge in [0.25, 0.3) is 0 Å².